The molecule has 1 aliphatic carbocycles. The zero-order chi connectivity index (χ0) is 18.0. The van der Waals surface area contributed by atoms with Gasteiger partial charge in [-0.1, -0.05) is 48.0 Å². The maximum atomic E-state index is 12.8. The van der Waals surface area contributed by atoms with E-state index in [1.807, 2.05) is 30.3 Å². The van der Waals surface area contributed by atoms with E-state index in [-0.39, 0.29) is 24.8 Å². The minimum absolute atomic E-state index is 0.195. The van der Waals surface area contributed by atoms with Crippen molar-refractivity contribution in [1.29, 1.82) is 0 Å². The lowest BCUT2D eigenvalue weighted by atomic mass is 9.85. The number of fused-ring (bicyclic) bond motifs is 1. The van der Waals surface area contributed by atoms with Crippen LogP contribution < -0.4 is 0 Å². The Morgan fingerprint density at radius 3 is 2.60 bits per heavy atom. The van der Waals surface area contributed by atoms with Crippen LogP contribution in [-0.2, 0) is 25.5 Å². The van der Waals surface area contributed by atoms with Gasteiger partial charge in [0, 0.05) is 11.5 Å². The Labute approximate surface area is 151 Å². The Morgan fingerprint density at radius 2 is 1.92 bits per heavy atom. The predicted molar refractivity (Wildman–Crippen MR) is 92.6 cm³/mol. The molecule has 0 spiro atoms. The molecule has 1 saturated heterocycles. The number of benzene rings is 1. The van der Waals surface area contributed by atoms with Crippen LogP contribution in [-0.4, -0.2) is 35.3 Å². The molecule has 6 heteroatoms. The molecule has 1 heterocycles. The van der Waals surface area contributed by atoms with Crippen molar-refractivity contribution >= 4 is 29.4 Å². The molecule has 3 atom stereocenters. The van der Waals surface area contributed by atoms with Crippen molar-refractivity contribution in [3.63, 3.8) is 0 Å². The van der Waals surface area contributed by atoms with Gasteiger partial charge in [-0.05, 0) is 25.3 Å². The van der Waals surface area contributed by atoms with Gasteiger partial charge in [0.1, 0.15) is 6.04 Å². The lowest BCUT2D eigenvalue weighted by Crippen LogP contribution is -2.47. The molecule has 0 N–H and O–H groups in total. The summed E-state index contributed by atoms with van der Waals surface area (Å²) >= 11 is 6.05. The number of halogens is 1. The molecular formula is C19H20ClNO4. The van der Waals surface area contributed by atoms with E-state index in [4.69, 9.17) is 16.3 Å². The highest BCUT2D eigenvalue weighted by Gasteiger charge is 2.52. The summed E-state index contributed by atoms with van der Waals surface area (Å²) in [6.07, 6.45) is 2.82. The van der Waals surface area contributed by atoms with Gasteiger partial charge in [0.2, 0.25) is 11.8 Å². The summed E-state index contributed by atoms with van der Waals surface area (Å²) in [5.41, 5.74) is 0.868. The summed E-state index contributed by atoms with van der Waals surface area (Å²) < 4.78 is 5.14. The van der Waals surface area contributed by atoms with E-state index in [0.717, 1.165) is 10.5 Å². The van der Waals surface area contributed by atoms with Gasteiger partial charge >= 0.3 is 5.97 Å². The van der Waals surface area contributed by atoms with E-state index < -0.39 is 23.8 Å². The van der Waals surface area contributed by atoms with Crippen LogP contribution in [0.1, 0.15) is 25.3 Å². The molecule has 0 radical (unpaired) electrons. The van der Waals surface area contributed by atoms with Crippen molar-refractivity contribution in [2.45, 2.75) is 32.2 Å². The molecule has 132 valence electrons. The SMILES string of the molecule is CCOC(=O)[C@@H](Cc1ccccc1)N1C(=O)[C@H]2CC(Cl)=CC[C@H]2C1=O. The summed E-state index contributed by atoms with van der Waals surface area (Å²) in [6.45, 7) is 1.90. The second kappa shape index (κ2) is 7.40. The van der Waals surface area contributed by atoms with Crippen molar-refractivity contribution in [1.82, 2.24) is 4.90 Å². The van der Waals surface area contributed by atoms with Crippen LogP contribution in [0.4, 0.5) is 0 Å². The molecule has 5 nitrogen and oxygen atoms in total. The summed E-state index contributed by atoms with van der Waals surface area (Å²) in [4.78, 5) is 39.3. The Bertz CT molecular complexity index is 715. The molecule has 0 aromatic heterocycles. The van der Waals surface area contributed by atoms with Crippen molar-refractivity contribution in [3.8, 4) is 0 Å². The van der Waals surface area contributed by atoms with E-state index in [1.54, 1.807) is 13.0 Å². The van der Waals surface area contributed by atoms with Crippen LogP contribution in [0, 0.1) is 11.8 Å². The Hall–Kier alpha value is -2.14. The maximum Gasteiger partial charge on any atom is 0.329 e. The Balaban J connectivity index is 1.89. The smallest absolute Gasteiger partial charge is 0.329 e. The average Bonchev–Trinajstić information content (AvgIpc) is 2.84. The number of carbonyl (C=O) groups excluding carboxylic acids is 3. The highest BCUT2D eigenvalue weighted by atomic mass is 35.5. The maximum absolute atomic E-state index is 12.8. The molecular weight excluding hydrogens is 342 g/mol. The molecule has 0 bridgehead atoms. The molecule has 0 unspecified atom stereocenters. The third-order valence-electron chi connectivity index (χ3n) is 4.75. The highest BCUT2D eigenvalue weighted by molar-refractivity contribution is 6.30. The molecule has 1 aromatic carbocycles. The molecule has 1 fully saturated rings. The average molecular weight is 362 g/mol. The van der Waals surface area contributed by atoms with E-state index in [1.165, 1.54) is 0 Å². The number of nitrogens with zero attached hydrogens (tertiary/aromatic N) is 1. The van der Waals surface area contributed by atoms with Gasteiger partial charge in [-0.3, -0.25) is 14.5 Å². The van der Waals surface area contributed by atoms with E-state index in [0.29, 0.717) is 17.9 Å². The summed E-state index contributed by atoms with van der Waals surface area (Å²) in [7, 11) is 0. The normalized spacial score (nSPS) is 23.9. The minimum Gasteiger partial charge on any atom is -0.464 e. The predicted octanol–water partition coefficient (Wildman–Crippen LogP) is 2.68. The van der Waals surface area contributed by atoms with E-state index >= 15 is 0 Å². The van der Waals surface area contributed by atoms with Crippen LogP contribution in [0.5, 0.6) is 0 Å². The number of amides is 2. The highest BCUT2D eigenvalue weighted by Crippen LogP contribution is 2.40. The van der Waals surface area contributed by atoms with Crippen LogP contribution >= 0.6 is 11.6 Å². The van der Waals surface area contributed by atoms with Crippen molar-refractivity contribution in [2.75, 3.05) is 6.61 Å². The number of hydrogen-bond acceptors (Lipinski definition) is 4. The molecule has 3 rings (SSSR count). The fourth-order valence-corrected chi connectivity index (χ4v) is 3.77. The van der Waals surface area contributed by atoms with Gasteiger partial charge in [-0.2, -0.15) is 0 Å². The fourth-order valence-electron chi connectivity index (χ4n) is 3.52. The first kappa shape index (κ1) is 17.7. The number of carbonyl (C=O) groups is 3. The molecule has 2 aliphatic rings. The lowest BCUT2D eigenvalue weighted by Gasteiger charge is -2.25. The zero-order valence-electron chi connectivity index (χ0n) is 14.0. The fraction of sp³-hybridized carbons (Fsp3) is 0.421. The molecule has 0 saturated carbocycles. The molecule has 1 aromatic rings. The van der Waals surface area contributed by atoms with E-state index in [9.17, 15) is 14.4 Å². The minimum atomic E-state index is -0.938. The van der Waals surface area contributed by atoms with Gasteiger partial charge < -0.3 is 4.74 Å². The van der Waals surface area contributed by atoms with Crippen LogP contribution in [0.25, 0.3) is 0 Å². The standard InChI is InChI=1S/C19H20ClNO4/c1-2-25-19(24)16(10-12-6-4-3-5-7-12)21-17(22)14-9-8-13(20)11-15(14)18(21)23/h3-8,14-16H,2,9-11H2,1H3/t14-,15+,16-/m1/s1. The summed E-state index contributed by atoms with van der Waals surface area (Å²) in [5.74, 6) is -2.08. The summed E-state index contributed by atoms with van der Waals surface area (Å²) in [5, 5.41) is 0.597. The first-order chi connectivity index (χ1) is 12.0. The third-order valence-corrected chi connectivity index (χ3v) is 5.05. The number of hydrogen-bond donors (Lipinski definition) is 0. The van der Waals surface area contributed by atoms with E-state index in [2.05, 4.69) is 0 Å². The van der Waals surface area contributed by atoms with Gasteiger partial charge in [0.25, 0.3) is 0 Å². The second-order valence-electron chi connectivity index (χ2n) is 6.31. The largest absolute Gasteiger partial charge is 0.464 e. The van der Waals surface area contributed by atoms with Crippen molar-refractivity contribution < 1.29 is 19.1 Å². The molecule has 2 amide bonds. The number of likely N-dealkylation sites (tertiary alicyclic amines) is 1. The van der Waals surface area contributed by atoms with Gasteiger partial charge in [-0.25, -0.2) is 4.79 Å². The zero-order valence-corrected chi connectivity index (χ0v) is 14.7. The van der Waals surface area contributed by atoms with Gasteiger partial charge in [0.05, 0.1) is 18.4 Å². The Kier molecular flexibility index (Phi) is 5.23. The first-order valence-corrected chi connectivity index (χ1v) is 8.82. The third kappa shape index (κ3) is 3.47. The number of allylic oxidation sites excluding steroid dienone is 2. The number of ether oxygens (including phenoxy) is 1. The van der Waals surface area contributed by atoms with Crippen LogP contribution in [0.2, 0.25) is 0 Å². The second-order valence-corrected chi connectivity index (χ2v) is 6.79. The number of rotatable bonds is 5. The number of imide groups is 1. The van der Waals surface area contributed by atoms with Gasteiger partial charge in [-0.15, -0.1) is 0 Å². The quantitative estimate of drug-likeness (QED) is 0.597. The van der Waals surface area contributed by atoms with Crippen molar-refractivity contribution in [2.24, 2.45) is 11.8 Å². The van der Waals surface area contributed by atoms with Crippen LogP contribution in [0.15, 0.2) is 41.4 Å². The summed E-state index contributed by atoms with van der Waals surface area (Å²) in [6, 6.07) is 8.37. The monoisotopic (exact) mass is 361 g/mol. The molecule has 25 heavy (non-hydrogen) atoms. The first-order valence-electron chi connectivity index (χ1n) is 8.45. The lowest BCUT2D eigenvalue weighted by molar-refractivity contribution is -0.158. The van der Waals surface area contributed by atoms with Crippen LogP contribution in [0.3, 0.4) is 0 Å². The topological polar surface area (TPSA) is 63.7 Å². The van der Waals surface area contributed by atoms with Crippen molar-refractivity contribution in [3.05, 3.63) is 47.0 Å². The number of esters is 1. The Morgan fingerprint density at radius 1 is 1.24 bits per heavy atom. The van der Waals surface area contributed by atoms with Gasteiger partial charge in [0.15, 0.2) is 0 Å². The molecule has 1 aliphatic heterocycles.